The van der Waals surface area contributed by atoms with Gasteiger partial charge in [-0.3, -0.25) is 4.79 Å². The van der Waals surface area contributed by atoms with Crippen LogP contribution in [0.4, 0.5) is 11.4 Å². The van der Waals surface area contributed by atoms with Crippen LogP contribution >= 0.6 is 0 Å². The lowest BCUT2D eigenvalue weighted by Gasteiger charge is -2.21. The molecule has 7 N–H and O–H groups in total. The van der Waals surface area contributed by atoms with Gasteiger partial charge in [-0.2, -0.15) is 4.72 Å². The summed E-state index contributed by atoms with van der Waals surface area (Å²) in [5.74, 6) is -1.73. The van der Waals surface area contributed by atoms with Crippen LogP contribution in [0.3, 0.4) is 0 Å². The molecule has 13 heteroatoms. The molecule has 0 spiro atoms. The largest absolute Gasteiger partial charge is 0.477 e. The van der Waals surface area contributed by atoms with Crippen molar-refractivity contribution < 1.29 is 27.9 Å². The highest BCUT2D eigenvalue weighted by molar-refractivity contribution is 7.89. The normalized spacial score (nSPS) is 15.6. The number of carboxylic acids is 1. The van der Waals surface area contributed by atoms with Crippen molar-refractivity contribution in [3.63, 3.8) is 0 Å². The van der Waals surface area contributed by atoms with E-state index in [0.717, 1.165) is 5.56 Å². The summed E-state index contributed by atoms with van der Waals surface area (Å²) < 4.78 is 34.4. The molecule has 0 aromatic heterocycles. The Labute approximate surface area is 215 Å². The fourth-order valence-corrected chi connectivity index (χ4v) is 5.17. The van der Waals surface area contributed by atoms with Crippen molar-refractivity contribution >= 4 is 39.2 Å². The third kappa shape index (κ3) is 6.49. The van der Waals surface area contributed by atoms with Crippen LogP contribution in [0.15, 0.2) is 46.3 Å². The molecule has 1 heterocycles. The summed E-state index contributed by atoms with van der Waals surface area (Å²) in [6, 6.07) is 8.26. The summed E-state index contributed by atoms with van der Waals surface area (Å²) in [6.07, 6.45) is -1.03. The number of likely N-dealkylation sites (N-methyl/N-ethyl adjacent to an activating group) is 1. The summed E-state index contributed by atoms with van der Waals surface area (Å²) >= 11 is 0. The first-order chi connectivity index (χ1) is 17.3. The quantitative estimate of drug-likeness (QED) is 0.222. The highest BCUT2D eigenvalue weighted by Gasteiger charge is 2.35. The molecule has 0 radical (unpaired) electrons. The first kappa shape index (κ1) is 27.7. The van der Waals surface area contributed by atoms with E-state index in [9.17, 15) is 23.1 Å². The molecule has 0 unspecified atom stereocenters. The number of fused-ring (bicyclic) bond motifs is 1. The predicted molar refractivity (Wildman–Crippen MR) is 140 cm³/mol. The zero-order valence-electron chi connectivity index (χ0n) is 21.1. The van der Waals surface area contributed by atoms with Crippen LogP contribution in [0.1, 0.15) is 31.4 Å². The maximum absolute atomic E-state index is 13.3. The number of nitrogens with two attached hydrogens (primary N) is 2. The van der Waals surface area contributed by atoms with Gasteiger partial charge in [0.15, 0.2) is 5.96 Å². The topological polar surface area (TPSA) is 189 Å². The minimum absolute atomic E-state index is 0.00889. The van der Waals surface area contributed by atoms with Crippen molar-refractivity contribution in [1.82, 2.24) is 4.72 Å². The fraction of sp³-hybridized carbons (Fsp3) is 0.375. The molecule has 1 amide bonds. The number of ether oxygens (including phenoxy) is 1. The van der Waals surface area contributed by atoms with Crippen LogP contribution in [-0.4, -0.2) is 50.7 Å². The van der Waals surface area contributed by atoms with Crippen molar-refractivity contribution in [2.24, 2.45) is 22.4 Å². The Bertz CT molecular complexity index is 1320. The van der Waals surface area contributed by atoms with E-state index in [1.165, 1.54) is 30.1 Å². The van der Waals surface area contributed by atoms with Crippen molar-refractivity contribution in [1.29, 1.82) is 0 Å². The number of guanidine groups is 1. The fourth-order valence-electron chi connectivity index (χ4n) is 3.94. The van der Waals surface area contributed by atoms with Crippen LogP contribution in [-0.2, 0) is 26.2 Å². The molecular weight excluding hydrogens is 500 g/mol. The van der Waals surface area contributed by atoms with E-state index in [0.29, 0.717) is 16.9 Å². The van der Waals surface area contributed by atoms with E-state index in [-0.39, 0.29) is 35.5 Å². The zero-order chi connectivity index (χ0) is 27.5. The maximum Gasteiger partial charge on any atom is 0.366 e. The van der Waals surface area contributed by atoms with Crippen molar-refractivity contribution in [2.75, 3.05) is 17.3 Å². The second-order valence-corrected chi connectivity index (χ2v) is 10.9. The van der Waals surface area contributed by atoms with Gasteiger partial charge in [0.25, 0.3) is 6.23 Å². The number of benzene rings is 2. The van der Waals surface area contributed by atoms with Gasteiger partial charge in [0.1, 0.15) is 11.8 Å². The maximum atomic E-state index is 13.3. The number of aliphatic imine (C=N–C) groups is 1. The van der Waals surface area contributed by atoms with Crippen molar-refractivity contribution in [3.05, 3.63) is 47.5 Å². The van der Waals surface area contributed by atoms with Crippen molar-refractivity contribution in [2.45, 2.75) is 50.9 Å². The van der Waals surface area contributed by atoms with E-state index in [2.05, 4.69) is 15.0 Å². The minimum atomic E-state index is -4.17. The molecule has 0 aliphatic carbocycles. The van der Waals surface area contributed by atoms with Gasteiger partial charge in [-0.25, -0.2) is 18.2 Å². The number of carboxylic acid groups (broad SMARTS) is 1. The molecule has 1 aliphatic heterocycles. The summed E-state index contributed by atoms with van der Waals surface area (Å²) in [7, 11) is -2.64. The van der Waals surface area contributed by atoms with Crippen LogP contribution in [0, 0.1) is 12.8 Å². The molecule has 3 rings (SSSR count). The predicted octanol–water partition coefficient (Wildman–Crippen LogP) is 1.34. The molecule has 12 nitrogen and oxygen atoms in total. The monoisotopic (exact) mass is 532 g/mol. The Morgan fingerprint density at radius 3 is 2.54 bits per heavy atom. The summed E-state index contributed by atoms with van der Waals surface area (Å²) in [5, 5.41) is 12.1. The van der Waals surface area contributed by atoms with Gasteiger partial charge in [-0.1, -0.05) is 26.0 Å². The highest BCUT2D eigenvalue weighted by Crippen LogP contribution is 2.37. The average Bonchev–Trinajstić information content (AvgIpc) is 3.14. The van der Waals surface area contributed by atoms with Gasteiger partial charge in [0.2, 0.25) is 15.9 Å². The standard InChI is InChI=1S/C24H32N6O6S/c1-13(2)10-18(21(31)28-17-7-5-6-14(3)16(17)12-27-24(25)26)29-37(34,35)15-8-9-19-20(11-15)36-22(23(32)33)30(19)4/h5-9,11,13,18,22,29H,10,12H2,1-4H3,(H,28,31)(H,32,33)(H4,25,26,27)/t18-,22+/m1/s1. The minimum Gasteiger partial charge on any atom is -0.477 e. The number of hydrogen-bond donors (Lipinski definition) is 5. The number of nitrogens with one attached hydrogen (secondary N) is 2. The molecule has 0 fully saturated rings. The number of carbonyl (C=O) groups excluding carboxylic acids is 1. The summed E-state index contributed by atoms with van der Waals surface area (Å²) in [4.78, 5) is 29.9. The summed E-state index contributed by atoms with van der Waals surface area (Å²) in [6.45, 7) is 5.74. The lowest BCUT2D eigenvalue weighted by atomic mass is 10.0. The SMILES string of the molecule is Cc1cccc(NC(=O)[C@@H](CC(C)C)NS(=O)(=O)c2ccc3c(c2)O[C@@H](C(=O)O)N3C)c1CN=C(N)N. The highest BCUT2D eigenvalue weighted by atomic mass is 32.2. The molecule has 0 saturated carbocycles. The number of sulfonamides is 1. The molecule has 0 saturated heterocycles. The van der Waals surface area contributed by atoms with Crippen LogP contribution < -0.4 is 31.1 Å². The van der Waals surface area contributed by atoms with Gasteiger partial charge in [-0.05, 0) is 43.0 Å². The summed E-state index contributed by atoms with van der Waals surface area (Å²) in [5.41, 5.74) is 13.4. The zero-order valence-corrected chi connectivity index (χ0v) is 21.9. The van der Waals surface area contributed by atoms with Gasteiger partial charge in [0, 0.05) is 24.4 Å². The lowest BCUT2D eigenvalue weighted by Crippen LogP contribution is -2.44. The third-order valence-electron chi connectivity index (χ3n) is 5.83. The van der Waals surface area contributed by atoms with Gasteiger partial charge in [0.05, 0.1) is 17.1 Å². The van der Waals surface area contributed by atoms with Crippen LogP contribution in [0.2, 0.25) is 0 Å². The third-order valence-corrected chi connectivity index (χ3v) is 7.30. The molecule has 200 valence electrons. The van der Waals surface area contributed by atoms with E-state index < -0.39 is 34.2 Å². The van der Waals surface area contributed by atoms with Gasteiger partial charge < -0.3 is 31.5 Å². The number of amides is 1. The molecule has 2 atom stereocenters. The first-order valence-corrected chi connectivity index (χ1v) is 13.0. The number of rotatable bonds is 10. The number of carbonyl (C=O) groups is 2. The molecule has 37 heavy (non-hydrogen) atoms. The van der Waals surface area contributed by atoms with E-state index >= 15 is 0 Å². The van der Waals surface area contributed by atoms with Gasteiger partial charge >= 0.3 is 5.97 Å². The molecule has 2 aromatic carbocycles. The van der Waals surface area contributed by atoms with Gasteiger partial charge in [-0.15, -0.1) is 0 Å². The Morgan fingerprint density at radius 2 is 1.92 bits per heavy atom. The second-order valence-electron chi connectivity index (χ2n) is 9.18. The van der Waals surface area contributed by atoms with E-state index in [4.69, 9.17) is 16.2 Å². The Kier molecular flexibility index (Phi) is 8.28. The Morgan fingerprint density at radius 1 is 1.22 bits per heavy atom. The van der Waals surface area contributed by atoms with Crippen LogP contribution in [0.5, 0.6) is 5.75 Å². The second kappa shape index (κ2) is 11.0. The van der Waals surface area contributed by atoms with Crippen molar-refractivity contribution in [3.8, 4) is 5.75 Å². The lowest BCUT2D eigenvalue weighted by molar-refractivity contribution is -0.144. The van der Waals surface area contributed by atoms with E-state index in [1.54, 1.807) is 12.1 Å². The number of aliphatic carboxylic acids is 1. The first-order valence-electron chi connectivity index (χ1n) is 11.5. The molecule has 0 bridgehead atoms. The average molecular weight is 533 g/mol. The molecule has 1 aliphatic rings. The smallest absolute Gasteiger partial charge is 0.366 e. The Hall–Kier alpha value is -3.84. The number of aryl methyl sites for hydroxylation is 1. The molecular formula is C24H32N6O6S. The Balaban J connectivity index is 1.86. The van der Waals surface area contributed by atoms with E-state index in [1.807, 2.05) is 26.8 Å². The number of nitrogens with zero attached hydrogens (tertiary/aromatic N) is 2. The van der Waals surface area contributed by atoms with Crippen LogP contribution in [0.25, 0.3) is 0 Å². The molecule has 2 aromatic rings. The number of anilines is 2. The number of hydrogen-bond acceptors (Lipinski definition) is 7.